The van der Waals surface area contributed by atoms with E-state index in [0.29, 0.717) is 5.92 Å². The summed E-state index contributed by atoms with van der Waals surface area (Å²) in [6.45, 7) is 11.5. The Morgan fingerprint density at radius 2 is 1.30 bits per heavy atom. The summed E-state index contributed by atoms with van der Waals surface area (Å²) >= 11 is 0. The minimum atomic E-state index is 0. The van der Waals surface area contributed by atoms with Crippen LogP contribution in [0.5, 0.6) is 5.75 Å². The second-order valence-corrected chi connectivity index (χ2v) is 13.2. The molecule has 2 aromatic heterocycles. The second kappa shape index (κ2) is 16.0. The zero-order valence-electron chi connectivity index (χ0n) is 28.4. The average Bonchev–Trinajstić information content (AvgIpc) is 3.70. The summed E-state index contributed by atoms with van der Waals surface area (Å²) in [5.41, 5.74) is 9.06. The molecule has 0 amide bonds. The summed E-state index contributed by atoms with van der Waals surface area (Å²) < 4.78 is 10.3. The van der Waals surface area contributed by atoms with Crippen molar-refractivity contribution in [2.24, 2.45) is 11.8 Å². The summed E-state index contributed by atoms with van der Waals surface area (Å²) in [7, 11) is 0. The van der Waals surface area contributed by atoms with Crippen LogP contribution in [0.4, 0.5) is 17.1 Å². The van der Waals surface area contributed by atoms with E-state index in [0.717, 1.165) is 69.0 Å². The summed E-state index contributed by atoms with van der Waals surface area (Å²) in [5.74, 6) is 2.56. The first-order valence-electron chi connectivity index (χ1n) is 17.0. The largest absolute Gasteiger partial charge is 2.00 e. The minimum absolute atomic E-state index is 0. The van der Waals surface area contributed by atoms with Gasteiger partial charge >= 0.3 is 21.1 Å². The van der Waals surface area contributed by atoms with Gasteiger partial charge in [-0.1, -0.05) is 56.8 Å². The van der Waals surface area contributed by atoms with Crippen LogP contribution in [0, 0.1) is 51.7 Å². The molecule has 47 heavy (non-hydrogen) atoms. The molecule has 7 heteroatoms. The smallest absolute Gasteiger partial charge is 0.493 e. The molecule has 1 saturated carbocycles. The number of benzene rings is 3. The summed E-state index contributed by atoms with van der Waals surface area (Å²) in [6, 6.07) is 24.1. The Morgan fingerprint density at radius 1 is 0.766 bits per heavy atom. The van der Waals surface area contributed by atoms with Crippen LogP contribution in [0.25, 0.3) is 11.4 Å². The van der Waals surface area contributed by atoms with Crippen LogP contribution < -0.4 is 9.64 Å². The topological polar surface area (TPSA) is 48.1 Å². The fraction of sp³-hybridized carbons (Fsp3) is 0.400. The molecule has 0 saturated heterocycles. The Bertz CT molecular complexity index is 1640. The van der Waals surface area contributed by atoms with Gasteiger partial charge in [0.15, 0.2) is 0 Å². The molecular formula is C40H47N5OPt. The molecule has 0 aliphatic heterocycles. The normalized spacial score (nSPS) is 16.1. The van der Waals surface area contributed by atoms with Crippen molar-refractivity contribution in [3.8, 4) is 17.1 Å². The van der Waals surface area contributed by atoms with Gasteiger partial charge in [-0.05, 0) is 98.1 Å². The number of rotatable bonds is 12. The van der Waals surface area contributed by atoms with Crippen molar-refractivity contribution in [1.29, 1.82) is 0 Å². The standard InChI is InChI=1S/C40H47N5O.Pt/c1-6-7-8-11-33-16-18-34(19-17-33)28-46-40-31(4)20-39(21-32(40)5)45(37-14-9-12-35(22-37)43-26-29(2)24-41-43)38-15-10-13-36(23-38)44-27-30(3)25-42-44;/h9-10,12-15,20-21,24-27,33-34H,6-8,11,16-19,28H2,1-5H3;/q-2;+2. The Kier molecular flexibility index (Phi) is 11.8. The molecule has 0 spiro atoms. The molecule has 3 aromatic carbocycles. The van der Waals surface area contributed by atoms with Gasteiger partial charge in [-0.15, -0.1) is 36.4 Å². The minimum Gasteiger partial charge on any atom is -0.493 e. The Morgan fingerprint density at radius 3 is 1.79 bits per heavy atom. The van der Waals surface area contributed by atoms with Crippen molar-refractivity contribution in [1.82, 2.24) is 19.6 Å². The van der Waals surface area contributed by atoms with Crippen LogP contribution in [0.15, 0.2) is 73.3 Å². The van der Waals surface area contributed by atoms with E-state index in [1.54, 1.807) is 0 Å². The Hall–Kier alpha value is -3.63. The van der Waals surface area contributed by atoms with E-state index in [4.69, 9.17) is 4.74 Å². The third kappa shape index (κ3) is 8.45. The molecule has 0 N–H and O–H groups in total. The van der Waals surface area contributed by atoms with Gasteiger partial charge in [-0.25, -0.2) is 0 Å². The fourth-order valence-electron chi connectivity index (χ4n) is 6.77. The van der Waals surface area contributed by atoms with Crippen molar-refractivity contribution in [2.75, 3.05) is 11.5 Å². The zero-order chi connectivity index (χ0) is 32.0. The van der Waals surface area contributed by atoms with Gasteiger partial charge in [0.05, 0.1) is 19.0 Å². The molecule has 0 radical (unpaired) electrons. The van der Waals surface area contributed by atoms with E-state index in [2.05, 4.69) is 84.4 Å². The third-order valence-electron chi connectivity index (χ3n) is 9.28. The van der Waals surface area contributed by atoms with Gasteiger partial charge in [0, 0.05) is 18.1 Å². The number of nitrogens with zero attached hydrogens (tertiary/aromatic N) is 5. The van der Waals surface area contributed by atoms with Gasteiger partial charge in [0.1, 0.15) is 5.75 Å². The molecule has 248 valence electrons. The average molecular weight is 809 g/mol. The number of anilines is 3. The van der Waals surface area contributed by atoms with Crippen LogP contribution >= 0.6 is 0 Å². The number of aromatic nitrogens is 4. The third-order valence-corrected chi connectivity index (χ3v) is 9.28. The first-order valence-corrected chi connectivity index (χ1v) is 17.0. The molecule has 1 aliphatic rings. The Balaban J connectivity index is 0.00000433. The van der Waals surface area contributed by atoms with Gasteiger partial charge in [-0.2, -0.15) is 22.3 Å². The number of hydrogen-bond donors (Lipinski definition) is 0. The molecule has 0 bridgehead atoms. The predicted molar refractivity (Wildman–Crippen MR) is 187 cm³/mol. The quantitative estimate of drug-likeness (QED) is 0.0931. The zero-order valence-corrected chi connectivity index (χ0v) is 30.7. The monoisotopic (exact) mass is 808 g/mol. The molecule has 2 heterocycles. The SMILES string of the molecule is CCCCCC1CCC(COc2c(C)cc(N(c3[c-]c(-n4cc(C)cn4)ccc3)c3[c-]c(-n4cc(C)cn4)ccc3)cc2C)CC1.[Pt+2]. The maximum atomic E-state index is 6.59. The van der Waals surface area contributed by atoms with Gasteiger partial charge in [0.25, 0.3) is 0 Å². The maximum absolute atomic E-state index is 6.59. The van der Waals surface area contributed by atoms with Crippen molar-refractivity contribution >= 4 is 17.1 Å². The van der Waals surface area contributed by atoms with Crippen LogP contribution in [0.1, 0.15) is 80.5 Å². The molecule has 0 unspecified atom stereocenters. The Labute approximate surface area is 295 Å². The molecular weight excluding hydrogens is 762 g/mol. The number of hydrogen-bond acceptors (Lipinski definition) is 4. The van der Waals surface area contributed by atoms with Crippen molar-refractivity contribution < 1.29 is 25.8 Å². The number of aryl methyl sites for hydroxylation is 4. The van der Waals surface area contributed by atoms with Crippen molar-refractivity contribution in [2.45, 2.75) is 86.0 Å². The van der Waals surface area contributed by atoms with Crippen molar-refractivity contribution in [3.05, 3.63) is 108 Å². The molecule has 5 aromatic rings. The van der Waals surface area contributed by atoms with Crippen LogP contribution in [0.3, 0.4) is 0 Å². The summed E-state index contributed by atoms with van der Waals surface area (Å²) in [4.78, 5) is 2.21. The molecule has 0 atom stereocenters. The predicted octanol–water partition coefficient (Wildman–Crippen LogP) is 10.1. The van der Waals surface area contributed by atoms with Gasteiger partial charge in [0.2, 0.25) is 0 Å². The molecule has 1 aliphatic carbocycles. The van der Waals surface area contributed by atoms with Crippen LogP contribution in [0.2, 0.25) is 0 Å². The molecule has 6 rings (SSSR count). The van der Waals surface area contributed by atoms with Gasteiger partial charge in [-0.3, -0.25) is 9.36 Å². The molecule has 1 fully saturated rings. The summed E-state index contributed by atoms with van der Waals surface area (Å²) in [5, 5.41) is 9.08. The first kappa shape index (κ1) is 34.7. The second-order valence-electron chi connectivity index (χ2n) is 13.2. The van der Waals surface area contributed by atoms with E-state index in [-0.39, 0.29) is 21.1 Å². The van der Waals surface area contributed by atoms with E-state index < -0.39 is 0 Å². The van der Waals surface area contributed by atoms with E-state index in [1.807, 2.05) is 60.1 Å². The van der Waals surface area contributed by atoms with E-state index in [9.17, 15) is 0 Å². The number of ether oxygens (including phenoxy) is 1. The first-order chi connectivity index (χ1) is 22.4. The van der Waals surface area contributed by atoms with E-state index in [1.165, 1.54) is 51.4 Å². The van der Waals surface area contributed by atoms with Crippen LogP contribution in [-0.4, -0.2) is 26.2 Å². The fourth-order valence-corrected chi connectivity index (χ4v) is 6.77. The van der Waals surface area contributed by atoms with E-state index >= 15 is 0 Å². The summed E-state index contributed by atoms with van der Waals surface area (Å²) in [6.07, 6.45) is 18.5. The molecule has 6 nitrogen and oxygen atoms in total. The van der Waals surface area contributed by atoms with Gasteiger partial charge < -0.3 is 9.64 Å². The number of unbranched alkanes of at least 4 members (excludes halogenated alkanes) is 2. The van der Waals surface area contributed by atoms with Crippen molar-refractivity contribution in [3.63, 3.8) is 0 Å². The maximum Gasteiger partial charge on any atom is 2.00 e. The van der Waals surface area contributed by atoms with Crippen LogP contribution in [-0.2, 0) is 21.1 Å².